The molecule has 5 heteroatoms. The highest BCUT2D eigenvalue weighted by molar-refractivity contribution is 5.90. The molecule has 5 nitrogen and oxygen atoms in total. The molecule has 2 N–H and O–H groups in total. The molecule has 2 atom stereocenters. The predicted octanol–water partition coefficient (Wildman–Crippen LogP) is 5.63. The second-order valence-electron chi connectivity index (χ2n) is 8.76. The third-order valence-electron chi connectivity index (χ3n) is 6.30. The van der Waals surface area contributed by atoms with Gasteiger partial charge < -0.3 is 19.7 Å². The Kier molecular flexibility index (Phi) is 6.66. The Morgan fingerprint density at radius 3 is 2.69 bits per heavy atom. The van der Waals surface area contributed by atoms with Crippen LogP contribution >= 0.6 is 0 Å². The van der Waals surface area contributed by atoms with Gasteiger partial charge in [0.2, 0.25) is 0 Å². The highest BCUT2D eigenvalue weighted by Crippen LogP contribution is 2.41. The third-order valence-corrected chi connectivity index (χ3v) is 6.30. The topological polar surface area (TPSA) is 76.0 Å². The minimum Gasteiger partial charge on any atom is -0.508 e. The molecule has 1 heterocycles. The zero-order valence-electron chi connectivity index (χ0n) is 18.6. The monoisotopic (exact) mass is 434 g/mol. The maximum absolute atomic E-state index is 12.7. The number of Topliss-reactive ketones (excluding diaryl/α,β-unsaturated/α-hetero) is 1. The van der Waals surface area contributed by atoms with Gasteiger partial charge in [-0.15, -0.1) is 0 Å². The van der Waals surface area contributed by atoms with E-state index in [-0.39, 0.29) is 23.4 Å². The number of fused-ring (bicyclic) bond motifs is 1. The molecule has 0 radical (unpaired) electrons. The molecule has 1 aliphatic rings. The molecule has 0 unspecified atom stereocenters. The summed E-state index contributed by atoms with van der Waals surface area (Å²) in [5, 5.41) is 22.2. The number of hydrogen-bond donors (Lipinski definition) is 2. The fourth-order valence-electron chi connectivity index (χ4n) is 4.58. The van der Waals surface area contributed by atoms with E-state index in [0.29, 0.717) is 30.9 Å². The number of methoxy groups -OCH3 is 1. The number of phenols is 2. The molecule has 0 amide bonds. The smallest absolute Gasteiger partial charge is 0.168 e. The lowest BCUT2D eigenvalue weighted by atomic mass is 9.91. The standard InChI is InChI=1S/C27H30O5/c1-17-11-12-32-24(13-17)16-23(29)9-6-19-7-10-25(30)27(31-2)26(19)20-4-3-18-5-8-22(28)15-21(18)14-20/h3-5,7-8,10,14-15,17,24,28,30H,6,9,11-13,16H2,1-2H3/t17-,24-/m1/s1. The maximum atomic E-state index is 12.7. The lowest BCUT2D eigenvalue weighted by Gasteiger charge is -2.26. The Morgan fingerprint density at radius 1 is 1.09 bits per heavy atom. The molecular formula is C27H30O5. The molecule has 0 bridgehead atoms. The number of ketones is 1. The van der Waals surface area contributed by atoms with Crippen molar-refractivity contribution in [1.29, 1.82) is 0 Å². The van der Waals surface area contributed by atoms with Crippen LogP contribution in [0.15, 0.2) is 48.5 Å². The summed E-state index contributed by atoms with van der Waals surface area (Å²) in [4.78, 5) is 12.7. The van der Waals surface area contributed by atoms with E-state index in [1.165, 1.54) is 7.11 Å². The molecule has 3 aromatic carbocycles. The van der Waals surface area contributed by atoms with E-state index in [0.717, 1.165) is 46.9 Å². The Morgan fingerprint density at radius 2 is 1.91 bits per heavy atom. The summed E-state index contributed by atoms with van der Waals surface area (Å²) >= 11 is 0. The highest BCUT2D eigenvalue weighted by Gasteiger charge is 2.23. The second-order valence-corrected chi connectivity index (χ2v) is 8.76. The first-order valence-corrected chi connectivity index (χ1v) is 11.2. The maximum Gasteiger partial charge on any atom is 0.168 e. The van der Waals surface area contributed by atoms with Crippen molar-refractivity contribution in [2.24, 2.45) is 5.92 Å². The van der Waals surface area contributed by atoms with Crippen LogP contribution in [0.4, 0.5) is 0 Å². The van der Waals surface area contributed by atoms with Crippen LogP contribution in [0.25, 0.3) is 21.9 Å². The molecule has 0 aromatic heterocycles. The SMILES string of the molecule is COc1c(O)ccc(CCC(=O)C[C@H]2C[C@H](C)CCO2)c1-c1ccc2ccc(O)cc2c1. The number of benzene rings is 3. The van der Waals surface area contributed by atoms with E-state index in [1.54, 1.807) is 18.2 Å². The molecule has 0 saturated carbocycles. The van der Waals surface area contributed by atoms with Gasteiger partial charge in [0, 0.05) is 25.0 Å². The number of phenolic OH excluding ortho intramolecular Hbond substituents is 2. The van der Waals surface area contributed by atoms with Crippen LogP contribution < -0.4 is 4.74 Å². The van der Waals surface area contributed by atoms with Crippen molar-refractivity contribution in [2.45, 2.75) is 45.1 Å². The zero-order valence-corrected chi connectivity index (χ0v) is 18.6. The largest absolute Gasteiger partial charge is 0.508 e. The highest BCUT2D eigenvalue weighted by atomic mass is 16.5. The first kappa shape index (κ1) is 22.2. The molecule has 3 aromatic rings. The fraction of sp³-hybridized carbons (Fsp3) is 0.370. The van der Waals surface area contributed by atoms with E-state index in [1.807, 2.05) is 30.3 Å². The van der Waals surface area contributed by atoms with Crippen molar-refractivity contribution in [2.75, 3.05) is 13.7 Å². The molecular weight excluding hydrogens is 404 g/mol. The molecule has 168 valence electrons. The van der Waals surface area contributed by atoms with Crippen LogP contribution in [0, 0.1) is 5.92 Å². The van der Waals surface area contributed by atoms with Gasteiger partial charge in [0.05, 0.1) is 13.2 Å². The van der Waals surface area contributed by atoms with Crippen molar-refractivity contribution in [3.63, 3.8) is 0 Å². The molecule has 0 spiro atoms. The molecule has 1 fully saturated rings. The van der Waals surface area contributed by atoms with Crippen LogP contribution in [0.1, 0.15) is 38.2 Å². The average Bonchev–Trinajstić information content (AvgIpc) is 2.77. The van der Waals surface area contributed by atoms with Gasteiger partial charge in [0.1, 0.15) is 11.5 Å². The van der Waals surface area contributed by atoms with Gasteiger partial charge in [-0.2, -0.15) is 0 Å². The van der Waals surface area contributed by atoms with E-state index >= 15 is 0 Å². The van der Waals surface area contributed by atoms with Crippen LogP contribution in [-0.4, -0.2) is 35.8 Å². The lowest BCUT2D eigenvalue weighted by Crippen LogP contribution is -2.26. The van der Waals surface area contributed by atoms with Crippen molar-refractivity contribution >= 4 is 16.6 Å². The number of carbonyl (C=O) groups excluding carboxylic acids is 1. The lowest BCUT2D eigenvalue weighted by molar-refractivity contribution is -0.123. The number of carbonyl (C=O) groups is 1. The minimum atomic E-state index is 0.0215. The number of aryl methyl sites for hydroxylation is 1. The van der Waals surface area contributed by atoms with Gasteiger partial charge in [-0.25, -0.2) is 0 Å². The summed E-state index contributed by atoms with van der Waals surface area (Å²) in [6, 6.07) is 14.6. The summed E-state index contributed by atoms with van der Waals surface area (Å²) in [7, 11) is 1.53. The van der Waals surface area contributed by atoms with Crippen molar-refractivity contribution in [1.82, 2.24) is 0 Å². The van der Waals surface area contributed by atoms with Gasteiger partial charge in [0.25, 0.3) is 0 Å². The minimum absolute atomic E-state index is 0.0215. The fourth-order valence-corrected chi connectivity index (χ4v) is 4.58. The van der Waals surface area contributed by atoms with E-state index in [2.05, 4.69) is 6.92 Å². The van der Waals surface area contributed by atoms with Crippen molar-refractivity contribution in [3.05, 3.63) is 54.1 Å². The summed E-state index contributed by atoms with van der Waals surface area (Å²) < 4.78 is 11.3. The van der Waals surface area contributed by atoms with Gasteiger partial charge >= 0.3 is 0 Å². The van der Waals surface area contributed by atoms with Gasteiger partial charge in [-0.1, -0.05) is 31.2 Å². The average molecular weight is 435 g/mol. The second kappa shape index (κ2) is 9.61. The van der Waals surface area contributed by atoms with Crippen LogP contribution in [0.3, 0.4) is 0 Å². The summed E-state index contributed by atoms with van der Waals surface area (Å²) in [6.07, 6.45) is 3.42. The van der Waals surface area contributed by atoms with E-state index < -0.39 is 0 Å². The number of ether oxygens (including phenoxy) is 2. The Bertz CT molecular complexity index is 1120. The van der Waals surface area contributed by atoms with Gasteiger partial charge in [-0.3, -0.25) is 4.79 Å². The number of aromatic hydroxyl groups is 2. The molecule has 1 aliphatic heterocycles. The summed E-state index contributed by atoms with van der Waals surface area (Å²) in [5.74, 6) is 1.42. The molecule has 1 saturated heterocycles. The Balaban J connectivity index is 1.60. The van der Waals surface area contributed by atoms with Crippen molar-refractivity contribution in [3.8, 4) is 28.4 Å². The van der Waals surface area contributed by atoms with Gasteiger partial charge in [-0.05, 0) is 71.3 Å². The Hall–Kier alpha value is -3.05. The predicted molar refractivity (Wildman–Crippen MR) is 125 cm³/mol. The third kappa shape index (κ3) is 4.89. The normalized spacial score (nSPS) is 18.6. The van der Waals surface area contributed by atoms with Crippen LogP contribution in [0.5, 0.6) is 17.2 Å². The number of hydrogen-bond acceptors (Lipinski definition) is 5. The first-order chi connectivity index (χ1) is 15.4. The summed E-state index contributed by atoms with van der Waals surface area (Å²) in [6.45, 7) is 2.94. The van der Waals surface area contributed by atoms with Crippen LogP contribution in [0.2, 0.25) is 0 Å². The van der Waals surface area contributed by atoms with Gasteiger partial charge in [0.15, 0.2) is 11.5 Å². The quantitative estimate of drug-likeness (QED) is 0.504. The number of rotatable bonds is 7. The van der Waals surface area contributed by atoms with E-state index in [9.17, 15) is 15.0 Å². The Labute approximate surface area is 188 Å². The molecule has 4 rings (SSSR count). The van der Waals surface area contributed by atoms with Crippen molar-refractivity contribution < 1.29 is 24.5 Å². The van der Waals surface area contributed by atoms with E-state index in [4.69, 9.17) is 9.47 Å². The van der Waals surface area contributed by atoms with Crippen LogP contribution in [-0.2, 0) is 16.0 Å². The summed E-state index contributed by atoms with van der Waals surface area (Å²) in [5.41, 5.74) is 2.57. The first-order valence-electron chi connectivity index (χ1n) is 11.2. The molecule has 32 heavy (non-hydrogen) atoms. The zero-order chi connectivity index (χ0) is 22.7. The molecule has 0 aliphatic carbocycles.